The van der Waals surface area contributed by atoms with Crippen LogP contribution in [0.4, 0.5) is 0 Å². The molecule has 0 saturated carbocycles. The number of methoxy groups -OCH3 is 3. The second-order valence-electron chi connectivity index (χ2n) is 5.25. The molecule has 0 unspecified atom stereocenters. The molecule has 0 spiro atoms. The minimum absolute atomic E-state index is 0.00730. The molecule has 0 N–H and O–H groups in total. The third-order valence-corrected chi connectivity index (χ3v) is 4.14. The summed E-state index contributed by atoms with van der Waals surface area (Å²) in [6.07, 6.45) is 3.12. The van der Waals surface area contributed by atoms with Gasteiger partial charge in [-0.05, 0) is 24.8 Å². The molecule has 5 nitrogen and oxygen atoms in total. The first kappa shape index (κ1) is 16.2. The summed E-state index contributed by atoms with van der Waals surface area (Å²) in [6, 6.07) is 3.75. The zero-order valence-corrected chi connectivity index (χ0v) is 13.4. The zero-order valence-electron chi connectivity index (χ0n) is 13.4. The van der Waals surface area contributed by atoms with Crippen LogP contribution < -0.4 is 14.2 Å². The van der Waals surface area contributed by atoms with Gasteiger partial charge in [0.1, 0.15) is 17.2 Å². The molecule has 0 aliphatic carbocycles. The fourth-order valence-corrected chi connectivity index (χ4v) is 2.95. The number of carbonyl (C=O) groups excluding carboxylic acids is 1. The molecule has 1 aromatic rings. The first-order chi connectivity index (χ1) is 10.6. The van der Waals surface area contributed by atoms with E-state index in [1.807, 2.05) is 17.0 Å². The highest BCUT2D eigenvalue weighted by atomic mass is 16.5. The van der Waals surface area contributed by atoms with Crippen molar-refractivity contribution < 1.29 is 19.0 Å². The van der Waals surface area contributed by atoms with Gasteiger partial charge in [0, 0.05) is 30.8 Å². The van der Waals surface area contributed by atoms with Crippen molar-refractivity contribution in [1.29, 1.82) is 0 Å². The molecule has 2 rings (SSSR count). The number of benzene rings is 1. The van der Waals surface area contributed by atoms with Crippen LogP contribution in [0.15, 0.2) is 24.8 Å². The molecule has 0 bridgehead atoms. The van der Waals surface area contributed by atoms with E-state index in [0.717, 1.165) is 29.9 Å². The maximum absolute atomic E-state index is 11.7. The van der Waals surface area contributed by atoms with Gasteiger partial charge in [-0.3, -0.25) is 4.79 Å². The molecule has 1 aliphatic rings. The quantitative estimate of drug-likeness (QED) is 0.785. The number of amides is 1. The van der Waals surface area contributed by atoms with Crippen LogP contribution >= 0.6 is 0 Å². The third-order valence-electron chi connectivity index (χ3n) is 4.14. The van der Waals surface area contributed by atoms with E-state index in [2.05, 4.69) is 6.58 Å². The molecule has 1 saturated heterocycles. The number of hydrogen-bond acceptors (Lipinski definition) is 4. The Labute approximate surface area is 131 Å². The summed E-state index contributed by atoms with van der Waals surface area (Å²) in [5.74, 6) is 2.53. The predicted molar refractivity (Wildman–Crippen MR) is 84.9 cm³/mol. The van der Waals surface area contributed by atoms with Gasteiger partial charge < -0.3 is 19.1 Å². The van der Waals surface area contributed by atoms with Crippen molar-refractivity contribution in [2.75, 3.05) is 34.4 Å². The highest BCUT2D eigenvalue weighted by molar-refractivity contribution is 5.87. The number of hydrogen-bond donors (Lipinski definition) is 0. The molecular weight excluding hydrogens is 282 g/mol. The maximum Gasteiger partial charge on any atom is 0.245 e. The SMILES string of the molecule is C=CC(=O)N1CCC(c2c(OC)cc(OC)cc2OC)CC1. The summed E-state index contributed by atoms with van der Waals surface area (Å²) in [5.41, 5.74) is 1.05. The van der Waals surface area contributed by atoms with Gasteiger partial charge in [-0.1, -0.05) is 6.58 Å². The molecule has 22 heavy (non-hydrogen) atoms. The van der Waals surface area contributed by atoms with Crippen LogP contribution in [-0.2, 0) is 4.79 Å². The number of likely N-dealkylation sites (tertiary alicyclic amines) is 1. The summed E-state index contributed by atoms with van der Waals surface area (Å²) in [4.78, 5) is 13.5. The lowest BCUT2D eigenvalue weighted by atomic mass is 9.88. The number of rotatable bonds is 5. The van der Waals surface area contributed by atoms with Crippen molar-refractivity contribution in [3.05, 3.63) is 30.4 Å². The van der Waals surface area contributed by atoms with Crippen LogP contribution in [0, 0.1) is 0 Å². The lowest BCUT2D eigenvalue weighted by Crippen LogP contribution is -2.36. The van der Waals surface area contributed by atoms with Crippen LogP contribution in [0.1, 0.15) is 24.3 Å². The van der Waals surface area contributed by atoms with E-state index in [0.29, 0.717) is 24.8 Å². The Hall–Kier alpha value is -2.17. The van der Waals surface area contributed by atoms with E-state index < -0.39 is 0 Å². The molecule has 0 radical (unpaired) electrons. The van der Waals surface area contributed by atoms with Crippen LogP contribution in [0.5, 0.6) is 17.2 Å². The zero-order chi connectivity index (χ0) is 16.1. The van der Waals surface area contributed by atoms with E-state index in [9.17, 15) is 4.79 Å². The summed E-state index contributed by atoms with van der Waals surface area (Å²) < 4.78 is 16.3. The van der Waals surface area contributed by atoms with Crippen molar-refractivity contribution in [1.82, 2.24) is 4.90 Å². The minimum atomic E-state index is -0.00730. The van der Waals surface area contributed by atoms with Gasteiger partial charge in [0.05, 0.1) is 21.3 Å². The van der Waals surface area contributed by atoms with Gasteiger partial charge in [-0.15, -0.1) is 0 Å². The molecular formula is C17H23NO4. The first-order valence-corrected chi connectivity index (χ1v) is 7.35. The minimum Gasteiger partial charge on any atom is -0.496 e. The summed E-state index contributed by atoms with van der Waals surface area (Å²) in [7, 11) is 4.91. The fraction of sp³-hybridized carbons (Fsp3) is 0.471. The molecule has 5 heteroatoms. The summed E-state index contributed by atoms with van der Waals surface area (Å²) in [5, 5.41) is 0. The highest BCUT2D eigenvalue weighted by Gasteiger charge is 2.28. The Kier molecular flexibility index (Phi) is 5.31. The van der Waals surface area contributed by atoms with Crippen LogP contribution in [0.25, 0.3) is 0 Å². The molecule has 120 valence electrons. The van der Waals surface area contributed by atoms with Crippen molar-refractivity contribution in [3.63, 3.8) is 0 Å². The number of ether oxygens (including phenoxy) is 3. The maximum atomic E-state index is 11.7. The molecule has 1 fully saturated rings. The molecule has 0 aromatic heterocycles. The summed E-state index contributed by atoms with van der Waals surface area (Å²) in [6.45, 7) is 4.97. The average Bonchev–Trinajstić information content (AvgIpc) is 2.59. The number of nitrogens with zero attached hydrogens (tertiary/aromatic N) is 1. The van der Waals surface area contributed by atoms with Crippen LogP contribution in [-0.4, -0.2) is 45.2 Å². The Morgan fingerprint density at radius 2 is 1.68 bits per heavy atom. The van der Waals surface area contributed by atoms with Crippen molar-refractivity contribution in [2.45, 2.75) is 18.8 Å². The van der Waals surface area contributed by atoms with Gasteiger partial charge in [0.15, 0.2) is 0 Å². The Morgan fingerprint density at radius 1 is 1.14 bits per heavy atom. The van der Waals surface area contributed by atoms with E-state index >= 15 is 0 Å². The van der Waals surface area contributed by atoms with E-state index in [1.54, 1.807) is 21.3 Å². The van der Waals surface area contributed by atoms with Crippen molar-refractivity contribution >= 4 is 5.91 Å². The van der Waals surface area contributed by atoms with Crippen molar-refractivity contribution in [3.8, 4) is 17.2 Å². The van der Waals surface area contributed by atoms with Crippen molar-refractivity contribution in [2.24, 2.45) is 0 Å². The largest absolute Gasteiger partial charge is 0.496 e. The predicted octanol–water partition coefficient (Wildman–Crippen LogP) is 2.60. The molecule has 1 heterocycles. The van der Waals surface area contributed by atoms with E-state index in [4.69, 9.17) is 14.2 Å². The second-order valence-corrected chi connectivity index (χ2v) is 5.25. The number of piperidine rings is 1. The second kappa shape index (κ2) is 7.20. The molecule has 0 atom stereocenters. The Morgan fingerprint density at radius 3 is 2.09 bits per heavy atom. The lowest BCUT2D eigenvalue weighted by molar-refractivity contribution is -0.127. The Bertz CT molecular complexity index is 523. The monoisotopic (exact) mass is 305 g/mol. The van der Waals surface area contributed by atoms with E-state index in [1.165, 1.54) is 6.08 Å². The van der Waals surface area contributed by atoms with Crippen LogP contribution in [0.2, 0.25) is 0 Å². The van der Waals surface area contributed by atoms with E-state index in [-0.39, 0.29) is 5.91 Å². The third kappa shape index (κ3) is 3.18. The molecule has 1 amide bonds. The standard InChI is InChI=1S/C17H23NO4/c1-5-16(19)18-8-6-12(7-9-18)17-14(21-3)10-13(20-2)11-15(17)22-4/h5,10-12H,1,6-9H2,2-4H3. The first-order valence-electron chi connectivity index (χ1n) is 7.35. The van der Waals surface area contributed by atoms with Gasteiger partial charge in [-0.2, -0.15) is 0 Å². The normalized spacial score (nSPS) is 15.3. The van der Waals surface area contributed by atoms with Gasteiger partial charge in [0.2, 0.25) is 5.91 Å². The average molecular weight is 305 g/mol. The Balaban J connectivity index is 2.25. The number of carbonyl (C=O) groups is 1. The van der Waals surface area contributed by atoms with Gasteiger partial charge >= 0.3 is 0 Å². The smallest absolute Gasteiger partial charge is 0.245 e. The van der Waals surface area contributed by atoms with Gasteiger partial charge in [0.25, 0.3) is 0 Å². The fourth-order valence-electron chi connectivity index (χ4n) is 2.95. The lowest BCUT2D eigenvalue weighted by Gasteiger charge is -2.32. The highest BCUT2D eigenvalue weighted by Crippen LogP contribution is 2.43. The summed E-state index contributed by atoms with van der Waals surface area (Å²) >= 11 is 0. The molecule has 1 aromatic carbocycles. The topological polar surface area (TPSA) is 48.0 Å². The molecule has 1 aliphatic heterocycles. The van der Waals surface area contributed by atoms with Gasteiger partial charge in [-0.25, -0.2) is 0 Å². The van der Waals surface area contributed by atoms with Crippen LogP contribution in [0.3, 0.4) is 0 Å².